The lowest BCUT2D eigenvalue weighted by Gasteiger charge is -2.28. The third kappa shape index (κ3) is 4.56. The number of hydrogen-bond acceptors (Lipinski definition) is 3. The monoisotopic (exact) mass is 394 g/mol. The molecule has 0 fully saturated rings. The van der Waals surface area contributed by atoms with Gasteiger partial charge in [0.25, 0.3) is 0 Å². The number of aryl methyl sites for hydroxylation is 3. The second kappa shape index (κ2) is 7.68. The van der Waals surface area contributed by atoms with E-state index in [1.165, 1.54) is 0 Å². The van der Waals surface area contributed by atoms with Crippen molar-refractivity contribution in [3.05, 3.63) is 58.1 Å². The lowest BCUT2D eigenvalue weighted by Crippen LogP contribution is -2.45. The molecule has 0 saturated carbocycles. The maximum absolute atomic E-state index is 12.8. The number of sulfonamides is 1. The smallest absolute Gasteiger partial charge is 0.248 e. The summed E-state index contributed by atoms with van der Waals surface area (Å²) in [6.07, 6.45) is 1.08. The predicted octanol–water partition coefficient (Wildman–Crippen LogP) is 4.06. The van der Waals surface area contributed by atoms with E-state index in [1.807, 2.05) is 32.9 Å². The van der Waals surface area contributed by atoms with Crippen molar-refractivity contribution in [2.75, 3.05) is 15.9 Å². The minimum Gasteiger partial charge on any atom is -0.324 e. The van der Waals surface area contributed by atoms with E-state index in [1.54, 1.807) is 31.2 Å². The third-order valence-corrected chi connectivity index (χ3v) is 5.59. The van der Waals surface area contributed by atoms with Gasteiger partial charge >= 0.3 is 0 Å². The van der Waals surface area contributed by atoms with Crippen LogP contribution in [0.4, 0.5) is 11.4 Å². The Morgan fingerprint density at radius 3 is 2.04 bits per heavy atom. The average molecular weight is 395 g/mol. The molecule has 1 amide bonds. The summed E-state index contributed by atoms with van der Waals surface area (Å²) in [5.41, 5.74) is 4.06. The van der Waals surface area contributed by atoms with Crippen LogP contribution >= 0.6 is 11.6 Å². The average Bonchev–Trinajstić information content (AvgIpc) is 2.51. The fraction of sp³-hybridized carbons (Fsp3) is 0.316. The normalized spacial score (nSPS) is 12.5. The molecule has 1 N–H and O–H groups in total. The van der Waals surface area contributed by atoms with Gasteiger partial charge in [-0.1, -0.05) is 29.3 Å². The Balaban J connectivity index is 2.36. The molecule has 0 radical (unpaired) electrons. The molecule has 0 aliphatic heterocycles. The molecule has 0 spiro atoms. The Morgan fingerprint density at radius 2 is 1.58 bits per heavy atom. The Hall–Kier alpha value is -2.05. The van der Waals surface area contributed by atoms with Crippen molar-refractivity contribution >= 4 is 38.9 Å². The van der Waals surface area contributed by atoms with Gasteiger partial charge in [0.2, 0.25) is 15.9 Å². The summed E-state index contributed by atoms with van der Waals surface area (Å²) in [6, 6.07) is 9.36. The molecule has 0 bridgehead atoms. The lowest BCUT2D eigenvalue weighted by atomic mass is 10.0. The van der Waals surface area contributed by atoms with Gasteiger partial charge < -0.3 is 5.32 Å². The zero-order valence-corrected chi connectivity index (χ0v) is 17.1. The molecule has 7 heteroatoms. The van der Waals surface area contributed by atoms with Gasteiger partial charge in [0, 0.05) is 10.7 Å². The highest BCUT2D eigenvalue weighted by molar-refractivity contribution is 7.92. The summed E-state index contributed by atoms with van der Waals surface area (Å²) in [4.78, 5) is 12.8. The first-order chi connectivity index (χ1) is 12.0. The molecule has 0 heterocycles. The van der Waals surface area contributed by atoms with Crippen LogP contribution in [-0.4, -0.2) is 26.6 Å². The summed E-state index contributed by atoms with van der Waals surface area (Å²) in [5.74, 6) is -0.402. The van der Waals surface area contributed by atoms with Gasteiger partial charge in [-0.05, 0) is 63.1 Å². The van der Waals surface area contributed by atoms with E-state index in [0.717, 1.165) is 27.3 Å². The summed E-state index contributed by atoms with van der Waals surface area (Å²) < 4.78 is 25.7. The second-order valence-corrected chi connectivity index (χ2v) is 8.77. The SMILES string of the molecule is Cc1cc(C)c(NC(=O)C(C)N(c2ccc(Cl)cc2)S(C)(=O)=O)c(C)c1. The number of amides is 1. The van der Waals surface area contributed by atoms with Crippen LogP contribution in [0.25, 0.3) is 0 Å². The molecule has 0 aliphatic rings. The molecule has 5 nitrogen and oxygen atoms in total. The quantitative estimate of drug-likeness (QED) is 0.831. The minimum atomic E-state index is -3.66. The van der Waals surface area contributed by atoms with Crippen LogP contribution in [0.1, 0.15) is 23.6 Å². The Labute approximate surface area is 160 Å². The van der Waals surface area contributed by atoms with E-state index < -0.39 is 22.0 Å². The molecule has 2 aromatic carbocycles. The highest BCUT2D eigenvalue weighted by atomic mass is 35.5. The van der Waals surface area contributed by atoms with Crippen LogP contribution in [0.5, 0.6) is 0 Å². The third-order valence-electron chi connectivity index (χ3n) is 4.09. The number of carbonyl (C=O) groups is 1. The van der Waals surface area contributed by atoms with Gasteiger partial charge in [0.05, 0.1) is 11.9 Å². The number of nitrogens with one attached hydrogen (secondary N) is 1. The van der Waals surface area contributed by atoms with Crippen LogP contribution in [0.15, 0.2) is 36.4 Å². The summed E-state index contributed by atoms with van der Waals surface area (Å²) in [7, 11) is -3.66. The van der Waals surface area contributed by atoms with Gasteiger partial charge in [-0.2, -0.15) is 0 Å². The van der Waals surface area contributed by atoms with Crippen molar-refractivity contribution in [3.63, 3.8) is 0 Å². The molecular formula is C19H23ClN2O3S. The molecule has 0 aromatic heterocycles. The summed E-state index contributed by atoms with van der Waals surface area (Å²) in [6.45, 7) is 7.37. The number of benzene rings is 2. The number of carbonyl (C=O) groups excluding carboxylic acids is 1. The zero-order chi connectivity index (χ0) is 19.6. The Bertz CT molecular complexity index is 901. The van der Waals surface area contributed by atoms with Gasteiger partial charge in [-0.3, -0.25) is 9.10 Å². The first-order valence-electron chi connectivity index (χ1n) is 8.14. The van der Waals surface area contributed by atoms with Gasteiger partial charge in [0.1, 0.15) is 6.04 Å². The topological polar surface area (TPSA) is 66.5 Å². The van der Waals surface area contributed by atoms with E-state index >= 15 is 0 Å². The molecule has 0 aliphatic carbocycles. The molecule has 2 rings (SSSR count). The van der Waals surface area contributed by atoms with Gasteiger partial charge in [0.15, 0.2) is 0 Å². The molecule has 1 unspecified atom stereocenters. The molecule has 26 heavy (non-hydrogen) atoms. The van der Waals surface area contributed by atoms with Crippen molar-refractivity contribution < 1.29 is 13.2 Å². The molecule has 2 aromatic rings. The van der Waals surface area contributed by atoms with Crippen molar-refractivity contribution in [3.8, 4) is 0 Å². The molecular weight excluding hydrogens is 372 g/mol. The van der Waals surface area contributed by atoms with Crippen molar-refractivity contribution in [1.29, 1.82) is 0 Å². The maximum Gasteiger partial charge on any atom is 0.248 e. The highest BCUT2D eigenvalue weighted by Gasteiger charge is 2.29. The molecule has 1 atom stereocenters. The van der Waals surface area contributed by atoms with Gasteiger partial charge in [-0.15, -0.1) is 0 Å². The Kier molecular flexibility index (Phi) is 5.98. The van der Waals surface area contributed by atoms with Crippen LogP contribution in [0.3, 0.4) is 0 Å². The fourth-order valence-electron chi connectivity index (χ4n) is 3.00. The van der Waals surface area contributed by atoms with E-state index in [4.69, 9.17) is 11.6 Å². The fourth-order valence-corrected chi connectivity index (χ4v) is 4.30. The van der Waals surface area contributed by atoms with E-state index in [0.29, 0.717) is 16.4 Å². The largest absolute Gasteiger partial charge is 0.324 e. The van der Waals surface area contributed by atoms with E-state index in [-0.39, 0.29) is 0 Å². The number of halogens is 1. The van der Waals surface area contributed by atoms with E-state index in [2.05, 4.69) is 5.32 Å². The molecule has 140 valence electrons. The second-order valence-electron chi connectivity index (χ2n) is 6.47. The van der Waals surface area contributed by atoms with Crippen LogP contribution in [0.2, 0.25) is 5.02 Å². The first kappa shape index (κ1) is 20.3. The minimum absolute atomic E-state index is 0.386. The molecule has 0 saturated heterocycles. The van der Waals surface area contributed by atoms with Crippen LogP contribution in [0, 0.1) is 20.8 Å². The van der Waals surface area contributed by atoms with Crippen LogP contribution in [-0.2, 0) is 14.8 Å². The highest BCUT2D eigenvalue weighted by Crippen LogP contribution is 2.25. The van der Waals surface area contributed by atoms with Crippen molar-refractivity contribution in [2.24, 2.45) is 0 Å². The van der Waals surface area contributed by atoms with Crippen LogP contribution < -0.4 is 9.62 Å². The van der Waals surface area contributed by atoms with Crippen molar-refractivity contribution in [1.82, 2.24) is 0 Å². The number of rotatable bonds is 5. The summed E-state index contributed by atoms with van der Waals surface area (Å²) in [5, 5.41) is 3.36. The number of hydrogen-bond donors (Lipinski definition) is 1. The predicted molar refractivity (Wildman–Crippen MR) is 108 cm³/mol. The number of nitrogens with zero attached hydrogens (tertiary/aromatic N) is 1. The van der Waals surface area contributed by atoms with Crippen molar-refractivity contribution in [2.45, 2.75) is 33.7 Å². The van der Waals surface area contributed by atoms with Gasteiger partial charge in [-0.25, -0.2) is 8.42 Å². The Morgan fingerprint density at radius 1 is 1.08 bits per heavy atom. The standard InChI is InChI=1S/C19H23ClN2O3S/c1-12-10-13(2)18(14(3)11-12)21-19(23)15(4)22(26(5,24)25)17-8-6-16(20)7-9-17/h6-11,15H,1-5H3,(H,21,23). The first-order valence-corrected chi connectivity index (χ1v) is 10.4. The maximum atomic E-state index is 12.8. The zero-order valence-electron chi connectivity index (χ0n) is 15.5. The van der Waals surface area contributed by atoms with E-state index in [9.17, 15) is 13.2 Å². The number of anilines is 2. The lowest BCUT2D eigenvalue weighted by molar-refractivity contribution is -0.116. The summed E-state index contributed by atoms with van der Waals surface area (Å²) >= 11 is 5.88.